The monoisotopic (exact) mass is 339 g/mol. The van der Waals surface area contributed by atoms with Gasteiger partial charge < -0.3 is 10.1 Å². The summed E-state index contributed by atoms with van der Waals surface area (Å²) in [6.45, 7) is 2.92. The highest BCUT2D eigenvalue weighted by Crippen LogP contribution is 2.27. The molecule has 0 aliphatic carbocycles. The molecule has 1 aromatic heterocycles. The molecule has 8 heteroatoms. The largest absolute Gasteiger partial charge is 0.379 e. The Morgan fingerprint density at radius 1 is 1.35 bits per heavy atom. The molecule has 0 spiro atoms. The van der Waals surface area contributed by atoms with E-state index in [1.165, 1.54) is 11.3 Å². The lowest BCUT2D eigenvalue weighted by atomic mass is 10.1. The van der Waals surface area contributed by atoms with Gasteiger partial charge in [-0.15, -0.1) is 11.3 Å². The van der Waals surface area contributed by atoms with Crippen molar-refractivity contribution in [2.75, 3.05) is 38.2 Å². The molecule has 0 bridgehead atoms. The van der Waals surface area contributed by atoms with Crippen LogP contribution in [0.2, 0.25) is 0 Å². The number of aromatic nitrogens is 1. The first-order valence-electron chi connectivity index (χ1n) is 7.13. The SMILES string of the molecule is O=C(CN1CCOCC1)Nc1nc(-c2cc(F)ccc2F)cs1. The average molecular weight is 339 g/mol. The number of rotatable bonds is 4. The van der Waals surface area contributed by atoms with E-state index in [0.717, 1.165) is 18.2 Å². The molecule has 0 unspecified atom stereocenters. The molecule has 0 radical (unpaired) electrons. The molecule has 1 N–H and O–H groups in total. The zero-order valence-corrected chi connectivity index (χ0v) is 13.0. The third-order valence-electron chi connectivity index (χ3n) is 3.43. The molecule has 2 aromatic rings. The fraction of sp³-hybridized carbons (Fsp3) is 0.333. The Morgan fingerprint density at radius 2 is 2.13 bits per heavy atom. The van der Waals surface area contributed by atoms with E-state index in [4.69, 9.17) is 4.74 Å². The van der Waals surface area contributed by atoms with Crippen molar-refractivity contribution in [3.05, 3.63) is 35.2 Å². The van der Waals surface area contributed by atoms with Crippen molar-refractivity contribution >= 4 is 22.4 Å². The van der Waals surface area contributed by atoms with E-state index in [1.807, 2.05) is 4.90 Å². The van der Waals surface area contributed by atoms with Gasteiger partial charge in [0.15, 0.2) is 5.13 Å². The lowest BCUT2D eigenvalue weighted by molar-refractivity contribution is -0.118. The van der Waals surface area contributed by atoms with Gasteiger partial charge in [0.25, 0.3) is 0 Å². The Morgan fingerprint density at radius 3 is 2.91 bits per heavy atom. The van der Waals surface area contributed by atoms with Gasteiger partial charge in [-0.25, -0.2) is 13.8 Å². The number of amides is 1. The molecule has 1 saturated heterocycles. The maximum Gasteiger partial charge on any atom is 0.240 e. The second-order valence-corrected chi connectivity index (χ2v) is 5.96. The summed E-state index contributed by atoms with van der Waals surface area (Å²) in [6, 6.07) is 3.20. The third-order valence-corrected chi connectivity index (χ3v) is 4.18. The molecule has 0 atom stereocenters. The van der Waals surface area contributed by atoms with Gasteiger partial charge in [0, 0.05) is 24.0 Å². The first-order chi connectivity index (χ1) is 11.1. The minimum atomic E-state index is -0.553. The first kappa shape index (κ1) is 16.0. The van der Waals surface area contributed by atoms with Crippen molar-refractivity contribution in [3.8, 4) is 11.3 Å². The molecule has 122 valence electrons. The predicted octanol–water partition coefficient (Wildman–Crippen LogP) is 2.36. The zero-order chi connectivity index (χ0) is 16.2. The van der Waals surface area contributed by atoms with E-state index in [9.17, 15) is 13.6 Å². The summed E-state index contributed by atoms with van der Waals surface area (Å²) in [5, 5.41) is 4.63. The van der Waals surface area contributed by atoms with E-state index >= 15 is 0 Å². The number of carbonyl (C=O) groups is 1. The number of benzene rings is 1. The van der Waals surface area contributed by atoms with Crippen molar-refractivity contribution in [1.82, 2.24) is 9.88 Å². The number of anilines is 1. The van der Waals surface area contributed by atoms with Crippen molar-refractivity contribution in [2.24, 2.45) is 0 Å². The van der Waals surface area contributed by atoms with Crippen LogP contribution in [0.5, 0.6) is 0 Å². The summed E-state index contributed by atoms with van der Waals surface area (Å²) >= 11 is 1.17. The summed E-state index contributed by atoms with van der Waals surface area (Å²) < 4.78 is 32.2. The molecule has 2 heterocycles. The van der Waals surface area contributed by atoms with Gasteiger partial charge in [0.05, 0.1) is 25.5 Å². The molecule has 1 fully saturated rings. The molecular weight excluding hydrogens is 324 g/mol. The second kappa shape index (κ2) is 7.12. The number of hydrogen-bond acceptors (Lipinski definition) is 5. The van der Waals surface area contributed by atoms with Crippen LogP contribution in [0, 0.1) is 11.6 Å². The van der Waals surface area contributed by atoms with Gasteiger partial charge in [-0.3, -0.25) is 9.69 Å². The van der Waals surface area contributed by atoms with E-state index in [2.05, 4.69) is 10.3 Å². The number of thiazole rings is 1. The molecule has 0 saturated carbocycles. The summed E-state index contributed by atoms with van der Waals surface area (Å²) in [6.07, 6.45) is 0. The summed E-state index contributed by atoms with van der Waals surface area (Å²) in [7, 11) is 0. The minimum absolute atomic E-state index is 0.0786. The second-order valence-electron chi connectivity index (χ2n) is 5.10. The molecular formula is C15H15F2N3O2S. The first-order valence-corrected chi connectivity index (χ1v) is 8.01. The van der Waals surface area contributed by atoms with Gasteiger partial charge in [-0.2, -0.15) is 0 Å². The Labute approximate surface area is 135 Å². The van der Waals surface area contributed by atoms with Gasteiger partial charge >= 0.3 is 0 Å². The fourth-order valence-corrected chi connectivity index (χ4v) is 3.00. The summed E-state index contributed by atoms with van der Waals surface area (Å²) in [5.41, 5.74) is 0.378. The van der Waals surface area contributed by atoms with Gasteiger partial charge in [0.1, 0.15) is 11.6 Å². The normalized spacial score (nSPS) is 15.6. The predicted molar refractivity (Wildman–Crippen MR) is 83.4 cm³/mol. The molecule has 1 amide bonds. The molecule has 3 rings (SSSR count). The summed E-state index contributed by atoms with van der Waals surface area (Å²) in [4.78, 5) is 18.1. The number of nitrogens with zero attached hydrogens (tertiary/aromatic N) is 2. The highest BCUT2D eigenvalue weighted by atomic mass is 32.1. The standard InChI is InChI=1S/C15H15F2N3O2S/c16-10-1-2-12(17)11(7-10)13-9-23-15(18-13)19-14(21)8-20-3-5-22-6-4-20/h1-2,7,9H,3-6,8H2,(H,18,19,21). The topological polar surface area (TPSA) is 54.5 Å². The highest BCUT2D eigenvalue weighted by Gasteiger charge is 2.16. The maximum absolute atomic E-state index is 13.7. The molecule has 1 aliphatic heterocycles. The van der Waals surface area contributed by atoms with Gasteiger partial charge in [-0.05, 0) is 18.2 Å². The zero-order valence-electron chi connectivity index (χ0n) is 12.2. The van der Waals surface area contributed by atoms with Crippen LogP contribution in [0.1, 0.15) is 0 Å². The number of halogens is 2. The van der Waals surface area contributed by atoms with Crippen LogP contribution in [0.4, 0.5) is 13.9 Å². The Hall–Kier alpha value is -1.90. The molecule has 1 aliphatic rings. The van der Waals surface area contributed by atoms with Crippen LogP contribution < -0.4 is 5.32 Å². The van der Waals surface area contributed by atoms with Crippen molar-refractivity contribution in [3.63, 3.8) is 0 Å². The van der Waals surface area contributed by atoms with E-state index < -0.39 is 11.6 Å². The Bertz CT molecular complexity index is 702. The summed E-state index contributed by atoms with van der Waals surface area (Å²) in [5.74, 6) is -1.28. The number of morpholine rings is 1. The Balaban J connectivity index is 1.64. The van der Waals surface area contributed by atoms with Gasteiger partial charge in [-0.1, -0.05) is 0 Å². The van der Waals surface area contributed by atoms with Crippen LogP contribution in [0.15, 0.2) is 23.6 Å². The number of hydrogen-bond donors (Lipinski definition) is 1. The lowest BCUT2D eigenvalue weighted by Gasteiger charge is -2.25. The Kier molecular flexibility index (Phi) is 4.94. The molecule has 5 nitrogen and oxygen atoms in total. The fourth-order valence-electron chi connectivity index (χ4n) is 2.27. The number of carbonyl (C=O) groups excluding carboxylic acids is 1. The maximum atomic E-state index is 13.7. The average Bonchev–Trinajstić information content (AvgIpc) is 2.98. The minimum Gasteiger partial charge on any atom is -0.379 e. The smallest absolute Gasteiger partial charge is 0.240 e. The number of ether oxygens (including phenoxy) is 1. The van der Waals surface area contributed by atoms with Crippen LogP contribution in [0.25, 0.3) is 11.3 Å². The van der Waals surface area contributed by atoms with E-state index in [0.29, 0.717) is 37.1 Å². The van der Waals surface area contributed by atoms with Crippen LogP contribution >= 0.6 is 11.3 Å². The lowest BCUT2D eigenvalue weighted by Crippen LogP contribution is -2.41. The highest BCUT2D eigenvalue weighted by molar-refractivity contribution is 7.14. The molecule has 23 heavy (non-hydrogen) atoms. The van der Waals surface area contributed by atoms with Crippen LogP contribution in [-0.4, -0.2) is 48.6 Å². The van der Waals surface area contributed by atoms with Gasteiger partial charge in [0.2, 0.25) is 5.91 Å². The quantitative estimate of drug-likeness (QED) is 0.929. The van der Waals surface area contributed by atoms with E-state index in [1.54, 1.807) is 5.38 Å². The van der Waals surface area contributed by atoms with Crippen LogP contribution in [0.3, 0.4) is 0 Å². The van der Waals surface area contributed by atoms with E-state index in [-0.39, 0.29) is 18.0 Å². The van der Waals surface area contributed by atoms with Crippen molar-refractivity contribution in [2.45, 2.75) is 0 Å². The van der Waals surface area contributed by atoms with Crippen molar-refractivity contribution < 1.29 is 18.3 Å². The molecule has 1 aromatic carbocycles. The van der Waals surface area contributed by atoms with Crippen LogP contribution in [-0.2, 0) is 9.53 Å². The number of nitrogens with one attached hydrogen (secondary N) is 1. The van der Waals surface area contributed by atoms with Crippen molar-refractivity contribution in [1.29, 1.82) is 0 Å². The third kappa shape index (κ3) is 4.10.